The summed E-state index contributed by atoms with van der Waals surface area (Å²) in [5, 5.41) is 2.24. The molecule has 0 bridgehead atoms. The Hall–Kier alpha value is -2.18. The lowest BCUT2D eigenvalue weighted by atomic mass is 10.1. The summed E-state index contributed by atoms with van der Waals surface area (Å²) in [5.41, 5.74) is 0.153. The molecule has 0 radical (unpaired) electrons. The fraction of sp³-hybridized carbons (Fsp3) is 0.111. The Labute approximate surface area is 86.9 Å². The van der Waals surface area contributed by atoms with Gasteiger partial charge in [-0.2, -0.15) is 0 Å². The number of ether oxygens (including phenoxy) is 2. The van der Waals surface area contributed by atoms with E-state index in [-0.39, 0.29) is 22.7 Å². The van der Waals surface area contributed by atoms with Crippen molar-refractivity contribution in [1.29, 1.82) is 0 Å². The summed E-state index contributed by atoms with van der Waals surface area (Å²) >= 11 is 0. The van der Waals surface area contributed by atoms with Crippen LogP contribution >= 0.6 is 0 Å². The zero-order chi connectivity index (χ0) is 11.5. The first-order chi connectivity index (χ1) is 7.46. The van der Waals surface area contributed by atoms with Crippen molar-refractivity contribution in [2.75, 3.05) is 5.32 Å². The van der Waals surface area contributed by atoms with Crippen LogP contribution in [-0.4, -0.2) is 18.0 Å². The molecule has 0 aromatic heterocycles. The van der Waals surface area contributed by atoms with Gasteiger partial charge in [-0.1, -0.05) is 0 Å². The highest BCUT2D eigenvalue weighted by molar-refractivity contribution is 6.51. The molecule has 16 heavy (non-hydrogen) atoms. The number of rotatable bonds is 0. The molecule has 0 atom stereocenters. The van der Waals surface area contributed by atoms with E-state index in [1.54, 1.807) is 0 Å². The standard InChI is InChI=1S/C9H3F2NO4/c10-9(11)15-5-1-3-4(2-6(5)16-9)12-8(14)7(3)13/h1-2H,(H,12,13,14). The van der Waals surface area contributed by atoms with Gasteiger partial charge in [-0.3, -0.25) is 9.59 Å². The molecule has 1 amide bonds. The van der Waals surface area contributed by atoms with Crippen LogP contribution in [0.4, 0.5) is 14.5 Å². The largest absolute Gasteiger partial charge is 0.586 e. The Morgan fingerprint density at radius 1 is 1.12 bits per heavy atom. The van der Waals surface area contributed by atoms with Gasteiger partial charge in [0.05, 0.1) is 11.3 Å². The highest BCUT2D eigenvalue weighted by Crippen LogP contribution is 2.44. The Morgan fingerprint density at radius 3 is 2.44 bits per heavy atom. The van der Waals surface area contributed by atoms with Crippen molar-refractivity contribution in [3.05, 3.63) is 17.7 Å². The van der Waals surface area contributed by atoms with E-state index in [1.807, 2.05) is 0 Å². The maximum atomic E-state index is 12.7. The number of alkyl halides is 2. The smallest absolute Gasteiger partial charge is 0.395 e. The number of hydrogen-bond donors (Lipinski definition) is 1. The zero-order valence-corrected chi connectivity index (χ0v) is 7.54. The van der Waals surface area contributed by atoms with Gasteiger partial charge in [0.2, 0.25) is 0 Å². The number of fused-ring (bicyclic) bond motifs is 2. The SMILES string of the molecule is O=C1Nc2cc3c(cc2C1=O)OC(F)(F)O3. The molecule has 2 aliphatic rings. The van der Waals surface area contributed by atoms with Crippen LogP contribution in [0.5, 0.6) is 11.5 Å². The van der Waals surface area contributed by atoms with Gasteiger partial charge < -0.3 is 14.8 Å². The van der Waals surface area contributed by atoms with Crippen molar-refractivity contribution in [3.8, 4) is 11.5 Å². The maximum absolute atomic E-state index is 12.7. The number of hydrogen-bond acceptors (Lipinski definition) is 4. The first-order valence-corrected chi connectivity index (χ1v) is 4.26. The summed E-state index contributed by atoms with van der Waals surface area (Å²) < 4.78 is 33.7. The third kappa shape index (κ3) is 1.08. The molecule has 0 fully saturated rings. The second-order valence-corrected chi connectivity index (χ2v) is 3.30. The Kier molecular flexibility index (Phi) is 1.41. The number of ketones is 1. The molecule has 82 valence electrons. The number of carbonyl (C=O) groups excluding carboxylic acids is 2. The molecule has 2 heterocycles. The van der Waals surface area contributed by atoms with Crippen LogP contribution in [-0.2, 0) is 4.79 Å². The van der Waals surface area contributed by atoms with Crippen LogP contribution in [0.25, 0.3) is 0 Å². The molecular weight excluding hydrogens is 224 g/mol. The average molecular weight is 227 g/mol. The molecule has 0 saturated heterocycles. The number of anilines is 1. The van der Waals surface area contributed by atoms with Crippen molar-refractivity contribution < 1.29 is 27.8 Å². The minimum atomic E-state index is -3.73. The van der Waals surface area contributed by atoms with Crippen LogP contribution in [0.15, 0.2) is 12.1 Å². The van der Waals surface area contributed by atoms with Gasteiger partial charge in [-0.15, -0.1) is 8.78 Å². The number of halogens is 2. The number of amides is 1. The number of Topliss-reactive ketones (excluding diaryl/α,β-unsaturated/α-hetero) is 1. The first-order valence-electron chi connectivity index (χ1n) is 4.26. The monoisotopic (exact) mass is 227 g/mol. The van der Waals surface area contributed by atoms with Crippen LogP contribution in [0.2, 0.25) is 0 Å². The van der Waals surface area contributed by atoms with Crippen LogP contribution in [0, 0.1) is 0 Å². The van der Waals surface area contributed by atoms with E-state index in [0.717, 1.165) is 12.1 Å². The van der Waals surface area contributed by atoms with E-state index in [9.17, 15) is 18.4 Å². The second kappa shape index (κ2) is 2.49. The van der Waals surface area contributed by atoms with Crippen LogP contribution in [0.3, 0.4) is 0 Å². The lowest BCUT2D eigenvalue weighted by Crippen LogP contribution is -2.26. The molecule has 0 saturated carbocycles. The molecule has 5 nitrogen and oxygen atoms in total. The average Bonchev–Trinajstić information content (AvgIpc) is 2.60. The molecule has 1 aromatic rings. The van der Waals surface area contributed by atoms with Crippen LogP contribution in [0.1, 0.15) is 10.4 Å². The Bertz CT molecular complexity index is 541. The van der Waals surface area contributed by atoms with Gasteiger partial charge in [0.1, 0.15) is 0 Å². The fourth-order valence-electron chi connectivity index (χ4n) is 1.59. The summed E-state index contributed by atoms with van der Waals surface area (Å²) in [4.78, 5) is 22.3. The highest BCUT2D eigenvalue weighted by atomic mass is 19.3. The highest BCUT2D eigenvalue weighted by Gasteiger charge is 2.45. The fourth-order valence-corrected chi connectivity index (χ4v) is 1.59. The van der Waals surface area contributed by atoms with E-state index in [1.165, 1.54) is 0 Å². The van der Waals surface area contributed by atoms with Gasteiger partial charge >= 0.3 is 6.29 Å². The molecule has 1 aromatic carbocycles. The molecule has 1 N–H and O–H groups in total. The zero-order valence-electron chi connectivity index (χ0n) is 7.54. The summed E-state index contributed by atoms with van der Waals surface area (Å²) in [6, 6.07) is 2.19. The lowest BCUT2D eigenvalue weighted by molar-refractivity contribution is -0.286. The number of benzene rings is 1. The van der Waals surface area contributed by atoms with Crippen molar-refractivity contribution in [2.24, 2.45) is 0 Å². The molecule has 0 unspecified atom stereocenters. The van der Waals surface area contributed by atoms with Gasteiger partial charge in [0.15, 0.2) is 11.5 Å². The molecule has 2 aliphatic heterocycles. The number of carbonyl (C=O) groups is 2. The van der Waals surface area contributed by atoms with Gasteiger partial charge in [-0.05, 0) is 6.07 Å². The van der Waals surface area contributed by atoms with Gasteiger partial charge in [0.25, 0.3) is 11.7 Å². The predicted octanol–water partition coefficient (Wildman–Crippen LogP) is 1.14. The van der Waals surface area contributed by atoms with E-state index in [2.05, 4.69) is 14.8 Å². The third-order valence-corrected chi connectivity index (χ3v) is 2.24. The van der Waals surface area contributed by atoms with Crippen molar-refractivity contribution in [1.82, 2.24) is 0 Å². The second-order valence-electron chi connectivity index (χ2n) is 3.30. The Morgan fingerprint density at radius 2 is 1.75 bits per heavy atom. The predicted molar refractivity (Wildman–Crippen MR) is 45.6 cm³/mol. The lowest BCUT2D eigenvalue weighted by Gasteiger charge is -2.04. The summed E-state index contributed by atoms with van der Waals surface area (Å²) in [7, 11) is 0. The molecule has 3 rings (SSSR count). The number of nitrogens with one attached hydrogen (secondary N) is 1. The van der Waals surface area contributed by atoms with E-state index < -0.39 is 18.0 Å². The summed E-state index contributed by atoms with van der Waals surface area (Å²) in [6.45, 7) is 0. The normalized spacial score (nSPS) is 19.6. The molecule has 0 aliphatic carbocycles. The van der Waals surface area contributed by atoms with Crippen molar-refractivity contribution in [2.45, 2.75) is 6.29 Å². The van der Waals surface area contributed by atoms with Gasteiger partial charge in [0, 0.05) is 6.07 Å². The Balaban J connectivity index is 2.13. The molecule has 7 heteroatoms. The van der Waals surface area contributed by atoms with Crippen molar-refractivity contribution in [3.63, 3.8) is 0 Å². The van der Waals surface area contributed by atoms with Crippen molar-refractivity contribution >= 4 is 17.4 Å². The topological polar surface area (TPSA) is 64.6 Å². The third-order valence-electron chi connectivity index (χ3n) is 2.24. The first kappa shape index (κ1) is 9.08. The van der Waals surface area contributed by atoms with E-state index in [0.29, 0.717) is 0 Å². The minimum Gasteiger partial charge on any atom is -0.395 e. The molecular formula is C9H3F2NO4. The minimum absolute atomic E-state index is 0.00468. The quantitative estimate of drug-likeness (QED) is 0.675. The van der Waals surface area contributed by atoms with E-state index >= 15 is 0 Å². The summed E-state index contributed by atoms with van der Waals surface area (Å²) in [6.07, 6.45) is -3.73. The molecule has 0 spiro atoms. The van der Waals surface area contributed by atoms with Crippen LogP contribution < -0.4 is 14.8 Å². The maximum Gasteiger partial charge on any atom is 0.586 e. The van der Waals surface area contributed by atoms with E-state index in [4.69, 9.17) is 0 Å². The van der Waals surface area contributed by atoms with Gasteiger partial charge in [-0.25, -0.2) is 0 Å². The summed E-state index contributed by atoms with van der Waals surface area (Å²) in [5.74, 6) is -2.05.